The molecule has 3 fully saturated rings. The van der Waals surface area contributed by atoms with Gasteiger partial charge in [-0.25, -0.2) is 8.42 Å². The summed E-state index contributed by atoms with van der Waals surface area (Å²) in [6, 6.07) is 9.54. The first-order chi connectivity index (χ1) is 11.9. The van der Waals surface area contributed by atoms with Crippen molar-refractivity contribution in [3.8, 4) is 0 Å². The zero-order chi connectivity index (χ0) is 17.7. The average Bonchev–Trinajstić information content (AvgIpc) is 2.95. The van der Waals surface area contributed by atoms with Crippen molar-refractivity contribution in [3.63, 3.8) is 0 Å². The minimum Gasteiger partial charge on any atom is -0.375 e. The molecule has 136 valence electrons. The van der Waals surface area contributed by atoms with E-state index in [1.54, 1.807) is 4.90 Å². The number of likely N-dealkylation sites (tertiary alicyclic amines) is 1. The van der Waals surface area contributed by atoms with Gasteiger partial charge in [-0.15, -0.1) is 0 Å². The second kappa shape index (κ2) is 6.05. The van der Waals surface area contributed by atoms with Gasteiger partial charge in [0, 0.05) is 26.7 Å². The van der Waals surface area contributed by atoms with Gasteiger partial charge in [-0.2, -0.15) is 4.31 Å². The number of hydrogen-bond donors (Lipinski definition) is 0. The van der Waals surface area contributed by atoms with Crippen LogP contribution in [0, 0.1) is 0 Å². The number of amides is 1. The Morgan fingerprint density at radius 1 is 1.32 bits per heavy atom. The summed E-state index contributed by atoms with van der Waals surface area (Å²) in [5.41, 5.74) is 0.127. The van der Waals surface area contributed by atoms with Crippen LogP contribution >= 0.6 is 0 Å². The fourth-order valence-corrected chi connectivity index (χ4v) is 6.57. The van der Waals surface area contributed by atoms with Crippen molar-refractivity contribution < 1.29 is 22.7 Å². The predicted molar refractivity (Wildman–Crippen MR) is 90.2 cm³/mol. The summed E-state index contributed by atoms with van der Waals surface area (Å²) in [7, 11) is -1.97. The fraction of sp³-hybridized carbons (Fsp3) is 0.588. The number of carbonyl (C=O) groups is 1. The number of hydrogen-bond acceptors (Lipinski definition) is 5. The van der Waals surface area contributed by atoms with Gasteiger partial charge >= 0.3 is 0 Å². The number of morpholine rings is 1. The molecule has 4 rings (SSSR count). The first-order valence-electron chi connectivity index (χ1n) is 8.42. The minimum atomic E-state index is -3.45. The fourth-order valence-electron chi connectivity index (χ4n) is 4.28. The number of benzene rings is 1. The molecule has 3 aliphatic heterocycles. The van der Waals surface area contributed by atoms with E-state index in [4.69, 9.17) is 9.47 Å². The van der Waals surface area contributed by atoms with E-state index < -0.39 is 20.9 Å². The van der Waals surface area contributed by atoms with Crippen LogP contribution in [0.2, 0.25) is 0 Å². The molecule has 1 spiro atoms. The molecule has 0 aromatic heterocycles. The number of nitrogens with zero attached hydrogens (tertiary/aromatic N) is 2. The summed E-state index contributed by atoms with van der Waals surface area (Å²) in [6.07, 6.45) is 0.234. The smallest absolute Gasteiger partial charge is 0.248 e. The summed E-state index contributed by atoms with van der Waals surface area (Å²) in [6.45, 7) is 1.38. The van der Waals surface area contributed by atoms with Crippen LogP contribution in [0.25, 0.3) is 0 Å². The third-order valence-corrected chi connectivity index (χ3v) is 7.65. The number of methoxy groups -OCH3 is 1. The molecule has 3 atom stereocenters. The van der Waals surface area contributed by atoms with Gasteiger partial charge in [-0.1, -0.05) is 30.3 Å². The average molecular weight is 366 g/mol. The Morgan fingerprint density at radius 2 is 2.08 bits per heavy atom. The Kier molecular flexibility index (Phi) is 4.10. The number of sulfonamides is 1. The van der Waals surface area contributed by atoms with Gasteiger partial charge in [0.2, 0.25) is 15.9 Å². The first-order valence-corrected chi connectivity index (χ1v) is 9.92. The van der Waals surface area contributed by atoms with Gasteiger partial charge in [0.05, 0.1) is 12.6 Å². The second-order valence-electron chi connectivity index (χ2n) is 7.03. The molecule has 0 aliphatic carbocycles. The van der Waals surface area contributed by atoms with Gasteiger partial charge in [0.15, 0.2) is 0 Å². The van der Waals surface area contributed by atoms with Gasteiger partial charge in [-0.05, 0) is 12.0 Å². The van der Waals surface area contributed by atoms with Crippen LogP contribution in [0.15, 0.2) is 30.3 Å². The van der Waals surface area contributed by atoms with Crippen LogP contribution in [0.3, 0.4) is 0 Å². The number of rotatable bonds is 4. The van der Waals surface area contributed by atoms with E-state index in [9.17, 15) is 13.2 Å². The normalized spacial score (nSPS) is 33.4. The van der Waals surface area contributed by atoms with Crippen molar-refractivity contribution >= 4 is 15.9 Å². The van der Waals surface area contributed by atoms with Crippen molar-refractivity contribution in [3.05, 3.63) is 35.9 Å². The Labute approximate surface area is 147 Å². The number of ether oxygens (including phenoxy) is 2. The van der Waals surface area contributed by atoms with Crippen LogP contribution in [-0.2, 0) is 30.8 Å². The van der Waals surface area contributed by atoms with E-state index in [1.807, 2.05) is 30.3 Å². The molecule has 2 bridgehead atoms. The molecule has 0 saturated carbocycles. The highest BCUT2D eigenvalue weighted by Gasteiger charge is 2.65. The molecule has 1 aromatic rings. The van der Waals surface area contributed by atoms with E-state index in [-0.39, 0.29) is 18.6 Å². The quantitative estimate of drug-likeness (QED) is 0.762. The van der Waals surface area contributed by atoms with Gasteiger partial charge in [-0.3, -0.25) is 4.79 Å². The van der Waals surface area contributed by atoms with Crippen molar-refractivity contribution in [2.75, 3.05) is 33.4 Å². The maximum absolute atomic E-state index is 13.0. The predicted octanol–water partition coefficient (Wildman–Crippen LogP) is 0.217. The monoisotopic (exact) mass is 366 g/mol. The lowest BCUT2D eigenvalue weighted by Gasteiger charge is -2.39. The van der Waals surface area contributed by atoms with Crippen molar-refractivity contribution in [1.82, 2.24) is 9.21 Å². The number of fused-ring (bicyclic) bond motifs is 1. The summed E-state index contributed by atoms with van der Waals surface area (Å²) in [4.78, 5) is 13.9. The SMILES string of the molecule is COCC(=O)N1C[C@H]2C[C@H]3[C@](C1)(CN(Cc1ccccc1)S3(=O)=O)O2. The van der Waals surface area contributed by atoms with Crippen LogP contribution in [0.5, 0.6) is 0 Å². The topological polar surface area (TPSA) is 76.2 Å². The zero-order valence-corrected chi connectivity index (χ0v) is 14.9. The molecular weight excluding hydrogens is 344 g/mol. The molecule has 8 heteroatoms. The second-order valence-corrected chi connectivity index (χ2v) is 9.15. The lowest BCUT2D eigenvalue weighted by atomic mass is 9.99. The van der Waals surface area contributed by atoms with Crippen molar-refractivity contribution in [1.29, 1.82) is 0 Å². The molecule has 7 nitrogen and oxygen atoms in total. The largest absolute Gasteiger partial charge is 0.375 e. The van der Waals surface area contributed by atoms with Crippen LogP contribution in [-0.4, -0.2) is 73.8 Å². The Balaban J connectivity index is 1.58. The molecule has 1 amide bonds. The molecule has 0 N–H and O–H groups in total. The van der Waals surface area contributed by atoms with Crippen LogP contribution in [0.4, 0.5) is 0 Å². The molecule has 3 aliphatic rings. The molecule has 0 unspecified atom stereocenters. The third-order valence-electron chi connectivity index (χ3n) is 5.33. The van der Waals surface area contributed by atoms with E-state index in [2.05, 4.69) is 0 Å². The Bertz CT molecular complexity index is 769. The Hall–Kier alpha value is -1.48. The van der Waals surface area contributed by atoms with Gasteiger partial charge in [0.25, 0.3) is 0 Å². The maximum atomic E-state index is 13.0. The van der Waals surface area contributed by atoms with Gasteiger partial charge in [0.1, 0.15) is 17.5 Å². The van der Waals surface area contributed by atoms with Crippen molar-refractivity contribution in [2.24, 2.45) is 0 Å². The van der Waals surface area contributed by atoms with Crippen molar-refractivity contribution in [2.45, 2.75) is 29.9 Å². The Morgan fingerprint density at radius 3 is 2.80 bits per heavy atom. The summed E-state index contributed by atoms with van der Waals surface area (Å²) >= 11 is 0. The minimum absolute atomic E-state index is 0.00788. The first kappa shape index (κ1) is 17.0. The lowest BCUT2D eigenvalue weighted by molar-refractivity contribution is -0.154. The highest BCUT2D eigenvalue weighted by molar-refractivity contribution is 7.90. The van der Waals surface area contributed by atoms with E-state index in [0.29, 0.717) is 32.6 Å². The molecular formula is C17H22N2O5S. The van der Waals surface area contributed by atoms with Crippen LogP contribution < -0.4 is 0 Å². The summed E-state index contributed by atoms with van der Waals surface area (Å²) in [5.74, 6) is -0.116. The van der Waals surface area contributed by atoms with E-state index in [0.717, 1.165) is 5.56 Å². The third kappa shape index (κ3) is 2.77. The molecule has 3 heterocycles. The summed E-state index contributed by atoms with van der Waals surface area (Å²) in [5, 5.41) is -0.575. The molecule has 25 heavy (non-hydrogen) atoms. The zero-order valence-electron chi connectivity index (χ0n) is 14.1. The van der Waals surface area contributed by atoms with E-state index >= 15 is 0 Å². The van der Waals surface area contributed by atoms with E-state index in [1.165, 1.54) is 11.4 Å². The summed E-state index contributed by atoms with van der Waals surface area (Å²) < 4.78 is 38.6. The molecule has 3 saturated heterocycles. The standard InChI is InChI=1S/C17H22N2O5S/c1-23-10-16(20)18-9-14-7-15-17(11-18,24-14)12-19(25(15,21)22)8-13-5-3-2-4-6-13/h2-6,14-15H,7-12H2,1H3/t14-,15+,17+/m1/s1. The highest BCUT2D eigenvalue weighted by atomic mass is 32.2. The number of carbonyl (C=O) groups excluding carboxylic acids is 1. The lowest BCUT2D eigenvalue weighted by Crippen LogP contribution is -2.57. The van der Waals surface area contributed by atoms with Gasteiger partial charge < -0.3 is 14.4 Å². The molecule has 1 aromatic carbocycles. The highest BCUT2D eigenvalue weighted by Crippen LogP contribution is 2.46. The maximum Gasteiger partial charge on any atom is 0.248 e. The van der Waals surface area contributed by atoms with Crippen LogP contribution in [0.1, 0.15) is 12.0 Å². The molecule has 0 radical (unpaired) electrons.